The Morgan fingerprint density at radius 3 is 2.44 bits per heavy atom. The fourth-order valence-electron chi connectivity index (χ4n) is 5.56. The molecule has 2 aliphatic heterocycles. The topological polar surface area (TPSA) is 90.9 Å². The second-order valence-corrected chi connectivity index (χ2v) is 12.8. The first kappa shape index (κ1) is 30.2. The van der Waals surface area contributed by atoms with E-state index in [1.54, 1.807) is 37.4 Å². The van der Waals surface area contributed by atoms with Crippen molar-refractivity contribution < 1.29 is 28.6 Å². The molecule has 0 aromatic heterocycles. The van der Waals surface area contributed by atoms with Crippen molar-refractivity contribution in [3.63, 3.8) is 0 Å². The van der Waals surface area contributed by atoms with E-state index in [0.29, 0.717) is 23.5 Å². The molecule has 3 aromatic carbocycles. The van der Waals surface area contributed by atoms with Gasteiger partial charge in [0.15, 0.2) is 5.78 Å². The molecule has 0 saturated carbocycles. The van der Waals surface area contributed by atoms with Crippen LogP contribution in [0.25, 0.3) is 16.7 Å². The Balaban J connectivity index is 1.49. The Hall–Kier alpha value is -4.30. The number of thioether (sulfide) groups is 1. The third kappa shape index (κ3) is 6.54. The second-order valence-electron chi connectivity index (χ2n) is 11.3. The minimum atomic E-state index is -0.580. The van der Waals surface area contributed by atoms with Gasteiger partial charge in [0.1, 0.15) is 23.4 Å². The highest BCUT2D eigenvalue weighted by molar-refractivity contribution is 8.04. The van der Waals surface area contributed by atoms with Crippen molar-refractivity contribution in [1.29, 1.82) is 0 Å². The highest BCUT2D eigenvalue weighted by Gasteiger charge is 2.29. The zero-order chi connectivity index (χ0) is 30.9. The van der Waals surface area contributed by atoms with Gasteiger partial charge in [0, 0.05) is 34.0 Å². The second kappa shape index (κ2) is 12.1. The lowest BCUT2D eigenvalue weighted by atomic mass is 9.85. The number of ether oxygens (including phenoxy) is 3. The van der Waals surface area contributed by atoms with Gasteiger partial charge in [-0.15, -0.1) is 11.8 Å². The average molecular weight is 598 g/mol. The average Bonchev–Trinajstić information content (AvgIpc) is 3.41. The third-order valence-corrected chi connectivity index (χ3v) is 8.70. The van der Waals surface area contributed by atoms with E-state index in [1.807, 2.05) is 25.1 Å². The van der Waals surface area contributed by atoms with Gasteiger partial charge in [0.05, 0.1) is 18.2 Å². The summed E-state index contributed by atoms with van der Waals surface area (Å²) in [6.45, 7) is 9.83. The van der Waals surface area contributed by atoms with Crippen molar-refractivity contribution in [3.05, 3.63) is 93.9 Å². The van der Waals surface area contributed by atoms with E-state index in [2.05, 4.69) is 38.2 Å². The number of rotatable bonds is 8. The van der Waals surface area contributed by atoms with E-state index in [9.17, 15) is 14.4 Å². The molecule has 0 saturated heterocycles. The highest BCUT2D eigenvalue weighted by Crippen LogP contribution is 2.44. The number of benzene rings is 3. The molecule has 0 aliphatic carbocycles. The lowest BCUT2D eigenvalue weighted by molar-refractivity contribution is -0.144. The Bertz CT molecular complexity index is 1690. The van der Waals surface area contributed by atoms with Gasteiger partial charge in [-0.25, -0.2) is 4.79 Å². The van der Waals surface area contributed by atoms with Crippen LogP contribution in [-0.2, 0) is 16.1 Å². The molecule has 1 unspecified atom stereocenters. The number of nitrogens with one attached hydrogen (secondary N) is 1. The lowest BCUT2D eigenvalue weighted by Crippen LogP contribution is -2.32. The van der Waals surface area contributed by atoms with Crippen molar-refractivity contribution >= 4 is 40.7 Å². The van der Waals surface area contributed by atoms with Crippen molar-refractivity contribution in [2.75, 3.05) is 12.4 Å². The first-order valence-electron chi connectivity index (χ1n) is 14.1. The molecule has 8 heteroatoms. The highest BCUT2D eigenvalue weighted by atomic mass is 32.2. The van der Waals surface area contributed by atoms with Gasteiger partial charge in [-0.3, -0.25) is 9.59 Å². The number of allylic oxidation sites excluding steroid dienone is 3. The Morgan fingerprint density at radius 1 is 1.00 bits per heavy atom. The fourth-order valence-corrected chi connectivity index (χ4v) is 6.56. The third-order valence-electron chi connectivity index (χ3n) is 7.49. The quantitative estimate of drug-likeness (QED) is 0.160. The Labute approximate surface area is 256 Å². The van der Waals surface area contributed by atoms with E-state index in [1.165, 1.54) is 24.8 Å². The Morgan fingerprint density at radius 2 is 1.74 bits per heavy atom. The van der Waals surface area contributed by atoms with E-state index >= 15 is 0 Å². The number of carbonyl (C=O) groups excluding carboxylic acids is 3. The monoisotopic (exact) mass is 597 g/mol. The van der Waals surface area contributed by atoms with E-state index in [-0.39, 0.29) is 34.7 Å². The van der Waals surface area contributed by atoms with Crippen LogP contribution in [0.4, 0.5) is 5.69 Å². The van der Waals surface area contributed by atoms with Crippen LogP contribution < -0.4 is 14.8 Å². The molecular formula is C35H35NO6S. The van der Waals surface area contributed by atoms with E-state index in [0.717, 1.165) is 38.4 Å². The number of anilines is 1. The number of hydrogen-bond acceptors (Lipinski definition) is 8. The van der Waals surface area contributed by atoms with Crippen LogP contribution in [0.15, 0.2) is 71.7 Å². The molecule has 0 fully saturated rings. The molecule has 222 valence electrons. The molecule has 2 heterocycles. The van der Waals surface area contributed by atoms with Crippen LogP contribution in [0.3, 0.4) is 0 Å². The largest absolute Gasteiger partial charge is 0.496 e. The van der Waals surface area contributed by atoms with Crippen LogP contribution in [0, 0.1) is 0 Å². The van der Waals surface area contributed by atoms with Crippen LogP contribution in [0.5, 0.6) is 11.5 Å². The molecule has 5 rings (SSSR count). The first-order chi connectivity index (χ1) is 20.5. The van der Waals surface area contributed by atoms with Crippen LogP contribution in [0.2, 0.25) is 0 Å². The first-order valence-corrected chi connectivity index (χ1v) is 15.0. The van der Waals surface area contributed by atoms with Crippen molar-refractivity contribution in [2.24, 2.45) is 0 Å². The number of esters is 2. The lowest BCUT2D eigenvalue weighted by Gasteiger charge is -2.33. The summed E-state index contributed by atoms with van der Waals surface area (Å²) in [5.41, 5.74) is 5.98. The van der Waals surface area contributed by atoms with Gasteiger partial charge in [-0.05, 0) is 87.4 Å². The molecule has 0 spiro atoms. The van der Waals surface area contributed by atoms with Gasteiger partial charge >= 0.3 is 11.9 Å². The summed E-state index contributed by atoms with van der Waals surface area (Å²) in [6, 6.07) is 15.6. The molecule has 7 nitrogen and oxygen atoms in total. The summed E-state index contributed by atoms with van der Waals surface area (Å²) in [7, 11) is 1.56. The smallest absolute Gasteiger partial charge is 0.343 e. The summed E-state index contributed by atoms with van der Waals surface area (Å²) >= 11 is 1.54. The van der Waals surface area contributed by atoms with Gasteiger partial charge in [-0.2, -0.15) is 0 Å². The summed E-state index contributed by atoms with van der Waals surface area (Å²) in [5.74, 6) is -0.166. The minimum Gasteiger partial charge on any atom is -0.496 e. The molecule has 0 bridgehead atoms. The zero-order valence-corrected chi connectivity index (χ0v) is 26.0. The number of Topliss-reactive ketones (excluding diaryl/α,β-unsaturated/α-hetero) is 1. The number of ketones is 1. The SMILES string of the molecule is COc1cc(OC(=O)c2cccc(C(C)=O)c2)ccc1-c1ccc2c(c1COC(=O)C1CC=C(C)S1)C(C)=CC(C)(C)N2. The van der Waals surface area contributed by atoms with E-state index in [4.69, 9.17) is 14.2 Å². The maximum absolute atomic E-state index is 13.0. The Kier molecular flexibility index (Phi) is 8.51. The summed E-state index contributed by atoms with van der Waals surface area (Å²) in [4.78, 5) is 38.8. The molecule has 1 atom stereocenters. The number of methoxy groups -OCH3 is 1. The van der Waals surface area contributed by atoms with Gasteiger partial charge in [0.25, 0.3) is 0 Å². The molecule has 0 radical (unpaired) electrons. The van der Waals surface area contributed by atoms with Crippen molar-refractivity contribution in [1.82, 2.24) is 0 Å². The molecule has 2 aliphatic rings. The molecule has 3 aromatic rings. The van der Waals surface area contributed by atoms with E-state index < -0.39 is 5.97 Å². The maximum Gasteiger partial charge on any atom is 0.343 e. The summed E-state index contributed by atoms with van der Waals surface area (Å²) < 4.78 is 17.4. The van der Waals surface area contributed by atoms with Crippen molar-refractivity contribution in [2.45, 2.75) is 58.4 Å². The normalized spacial score (nSPS) is 16.7. The predicted molar refractivity (Wildman–Crippen MR) is 171 cm³/mol. The van der Waals surface area contributed by atoms with Gasteiger partial charge in [0.2, 0.25) is 0 Å². The van der Waals surface area contributed by atoms with Gasteiger partial charge in [-0.1, -0.05) is 30.4 Å². The standard InChI is InChI=1S/C35H35NO6S/c1-20-18-35(4,5)36-29-14-13-26(28(32(20)29)19-41-34(39)31-15-10-21(2)43-31)27-12-11-25(17-30(27)40-6)42-33(38)24-9-7-8-23(16-24)22(3)37/h7-14,16-18,31,36H,15,19H2,1-6H3. The minimum absolute atomic E-state index is 0.0904. The zero-order valence-electron chi connectivity index (χ0n) is 25.2. The summed E-state index contributed by atoms with van der Waals surface area (Å²) in [6.07, 6.45) is 4.90. The number of fused-ring (bicyclic) bond motifs is 1. The molecule has 0 amide bonds. The predicted octanol–water partition coefficient (Wildman–Crippen LogP) is 7.84. The van der Waals surface area contributed by atoms with Gasteiger partial charge < -0.3 is 19.5 Å². The fraction of sp³-hybridized carbons (Fsp3) is 0.286. The number of hydrogen-bond donors (Lipinski definition) is 1. The van der Waals surface area contributed by atoms with Crippen LogP contribution in [0.1, 0.15) is 72.9 Å². The molecule has 1 N–H and O–H groups in total. The van der Waals surface area contributed by atoms with Crippen molar-refractivity contribution in [3.8, 4) is 22.6 Å². The number of carbonyl (C=O) groups is 3. The van der Waals surface area contributed by atoms with Crippen LogP contribution in [-0.4, -0.2) is 35.6 Å². The summed E-state index contributed by atoms with van der Waals surface area (Å²) in [5, 5.41) is 3.34. The molecule has 43 heavy (non-hydrogen) atoms. The maximum atomic E-state index is 13.0. The molecular weight excluding hydrogens is 562 g/mol. The van der Waals surface area contributed by atoms with Crippen LogP contribution >= 0.6 is 11.8 Å².